The van der Waals surface area contributed by atoms with Crippen LogP contribution >= 0.6 is 11.6 Å². The van der Waals surface area contributed by atoms with Crippen LogP contribution in [0.2, 0.25) is 5.02 Å². The van der Waals surface area contributed by atoms with E-state index in [2.05, 4.69) is 15.7 Å². The van der Waals surface area contributed by atoms with Crippen molar-refractivity contribution < 1.29 is 9.59 Å². The van der Waals surface area contributed by atoms with E-state index in [1.807, 2.05) is 20.8 Å². The van der Waals surface area contributed by atoms with Gasteiger partial charge in [-0.1, -0.05) is 38.3 Å². The zero-order valence-corrected chi connectivity index (χ0v) is 14.7. The van der Waals surface area contributed by atoms with Crippen LogP contribution in [0.4, 0.5) is 0 Å². The van der Waals surface area contributed by atoms with Crippen molar-refractivity contribution in [2.24, 2.45) is 5.92 Å². The molecule has 1 aliphatic carbocycles. The molecule has 7 heteroatoms. The van der Waals surface area contributed by atoms with Crippen LogP contribution in [-0.2, 0) is 11.3 Å². The Balaban J connectivity index is 2.17. The summed E-state index contributed by atoms with van der Waals surface area (Å²) in [6.45, 7) is 7.12. The summed E-state index contributed by atoms with van der Waals surface area (Å²) in [5.74, 6) is -0.0734. The third kappa shape index (κ3) is 3.86. The standard InChI is InChI=1S/C16H25ClN4O2/c1-4-21-13(12(17)10-19-21)14(22)20-16(7-5-6-8-16)15(23)18-9-11(2)3/h10-11H,4-9H2,1-3H3,(H,18,23)(H,20,22). The molecule has 6 nitrogen and oxygen atoms in total. The quantitative estimate of drug-likeness (QED) is 0.834. The molecule has 0 saturated heterocycles. The first-order chi connectivity index (χ1) is 10.9. The van der Waals surface area contributed by atoms with Gasteiger partial charge in [0.25, 0.3) is 5.91 Å². The maximum Gasteiger partial charge on any atom is 0.271 e. The molecule has 2 N–H and O–H groups in total. The molecule has 128 valence electrons. The number of amides is 2. The molecule has 1 saturated carbocycles. The minimum atomic E-state index is -0.835. The smallest absolute Gasteiger partial charge is 0.271 e. The van der Waals surface area contributed by atoms with Crippen LogP contribution < -0.4 is 10.6 Å². The van der Waals surface area contributed by atoms with Gasteiger partial charge in [-0.25, -0.2) is 0 Å². The zero-order chi connectivity index (χ0) is 17.0. The first-order valence-corrected chi connectivity index (χ1v) is 8.59. The molecule has 0 atom stereocenters. The van der Waals surface area contributed by atoms with Crippen molar-refractivity contribution in [1.82, 2.24) is 20.4 Å². The Morgan fingerprint density at radius 2 is 2.04 bits per heavy atom. The van der Waals surface area contributed by atoms with Gasteiger partial charge in [-0.3, -0.25) is 14.3 Å². The van der Waals surface area contributed by atoms with E-state index in [1.54, 1.807) is 4.68 Å². The van der Waals surface area contributed by atoms with Gasteiger partial charge >= 0.3 is 0 Å². The summed E-state index contributed by atoms with van der Waals surface area (Å²) in [6, 6.07) is 0. The molecule has 0 unspecified atom stereocenters. The van der Waals surface area contributed by atoms with Gasteiger partial charge in [0.2, 0.25) is 5.91 Å². The lowest BCUT2D eigenvalue weighted by Crippen LogP contribution is -2.57. The average Bonchev–Trinajstić information content (AvgIpc) is 3.11. The fourth-order valence-electron chi connectivity index (χ4n) is 2.96. The summed E-state index contributed by atoms with van der Waals surface area (Å²) in [6.07, 6.45) is 4.62. The van der Waals surface area contributed by atoms with Crippen molar-refractivity contribution in [3.63, 3.8) is 0 Å². The summed E-state index contributed by atoms with van der Waals surface area (Å²) < 4.78 is 1.55. The van der Waals surface area contributed by atoms with E-state index in [0.29, 0.717) is 42.6 Å². The predicted molar refractivity (Wildman–Crippen MR) is 89.4 cm³/mol. The van der Waals surface area contributed by atoms with Gasteiger partial charge in [0.15, 0.2) is 0 Å². The first-order valence-electron chi connectivity index (χ1n) is 8.21. The Hall–Kier alpha value is -1.56. The molecule has 0 spiro atoms. The van der Waals surface area contributed by atoms with Gasteiger partial charge in [-0.05, 0) is 25.7 Å². The number of rotatable bonds is 6. The zero-order valence-electron chi connectivity index (χ0n) is 14.0. The SMILES string of the molecule is CCn1ncc(Cl)c1C(=O)NC1(C(=O)NCC(C)C)CCCC1. The molecule has 2 rings (SSSR count). The number of nitrogens with one attached hydrogen (secondary N) is 2. The van der Waals surface area contributed by atoms with Crippen LogP contribution in [0.3, 0.4) is 0 Å². The second-order valence-electron chi connectivity index (χ2n) is 6.50. The fraction of sp³-hybridized carbons (Fsp3) is 0.688. The summed E-state index contributed by atoms with van der Waals surface area (Å²) in [7, 11) is 0. The highest BCUT2D eigenvalue weighted by Gasteiger charge is 2.43. The number of carbonyl (C=O) groups excluding carboxylic acids is 2. The van der Waals surface area contributed by atoms with Crippen molar-refractivity contribution in [2.75, 3.05) is 6.54 Å². The largest absolute Gasteiger partial charge is 0.354 e. The summed E-state index contributed by atoms with van der Waals surface area (Å²) in [5, 5.41) is 10.3. The Bertz CT molecular complexity index is 577. The molecule has 1 aliphatic rings. The highest BCUT2D eigenvalue weighted by Crippen LogP contribution is 2.31. The summed E-state index contributed by atoms with van der Waals surface area (Å²) in [5.41, 5.74) is -0.518. The Labute approximate surface area is 142 Å². The lowest BCUT2D eigenvalue weighted by Gasteiger charge is -2.29. The van der Waals surface area contributed by atoms with Crippen molar-refractivity contribution in [1.29, 1.82) is 0 Å². The van der Waals surface area contributed by atoms with E-state index in [-0.39, 0.29) is 11.8 Å². The maximum atomic E-state index is 12.7. The first kappa shape index (κ1) is 17.8. The van der Waals surface area contributed by atoms with Crippen molar-refractivity contribution >= 4 is 23.4 Å². The number of aryl methyl sites for hydroxylation is 1. The van der Waals surface area contributed by atoms with Gasteiger partial charge in [0.1, 0.15) is 11.2 Å². The molecule has 1 fully saturated rings. The number of aromatic nitrogens is 2. The van der Waals surface area contributed by atoms with Crippen molar-refractivity contribution in [3.05, 3.63) is 16.9 Å². The highest BCUT2D eigenvalue weighted by atomic mass is 35.5. The van der Waals surface area contributed by atoms with E-state index < -0.39 is 5.54 Å². The molecule has 2 amide bonds. The molecule has 0 bridgehead atoms. The molecule has 1 aromatic heterocycles. The normalized spacial score (nSPS) is 16.6. The molecule has 1 heterocycles. The average molecular weight is 341 g/mol. The Kier molecular flexibility index (Phi) is 5.68. The predicted octanol–water partition coefficient (Wildman–Crippen LogP) is 2.37. The topological polar surface area (TPSA) is 76.0 Å². The van der Waals surface area contributed by atoms with Gasteiger partial charge < -0.3 is 10.6 Å². The molecular formula is C16H25ClN4O2. The van der Waals surface area contributed by atoms with E-state index in [4.69, 9.17) is 11.6 Å². The number of halogens is 1. The third-order valence-electron chi connectivity index (χ3n) is 4.22. The Morgan fingerprint density at radius 1 is 1.39 bits per heavy atom. The van der Waals surface area contributed by atoms with Crippen LogP contribution in [0.25, 0.3) is 0 Å². The van der Waals surface area contributed by atoms with Crippen LogP contribution in [-0.4, -0.2) is 33.7 Å². The molecule has 23 heavy (non-hydrogen) atoms. The fourth-order valence-corrected chi connectivity index (χ4v) is 3.18. The van der Waals surface area contributed by atoms with E-state index in [0.717, 1.165) is 12.8 Å². The minimum absolute atomic E-state index is 0.101. The van der Waals surface area contributed by atoms with Gasteiger partial charge in [-0.15, -0.1) is 0 Å². The van der Waals surface area contributed by atoms with Crippen LogP contribution in [0.15, 0.2) is 6.20 Å². The van der Waals surface area contributed by atoms with Gasteiger partial charge in [0.05, 0.1) is 11.2 Å². The minimum Gasteiger partial charge on any atom is -0.354 e. The molecular weight excluding hydrogens is 316 g/mol. The van der Waals surface area contributed by atoms with Crippen LogP contribution in [0.1, 0.15) is 56.9 Å². The van der Waals surface area contributed by atoms with E-state index in [1.165, 1.54) is 6.20 Å². The summed E-state index contributed by atoms with van der Waals surface area (Å²) >= 11 is 6.09. The number of nitrogens with zero attached hydrogens (tertiary/aromatic N) is 2. The molecule has 1 aromatic rings. The van der Waals surface area contributed by atoms with Crippen LogP contribution in [0, 0.1) is 5.92 Å². The lowest BCUT2D eigenvalue weighted by molar-refractivity contribution is -0.127. The number of carbonyl (C=O) groups is 2. The van der Waals surface area contributed by atoms with Crippen molar-refractivity contribution in [2.45, 2.75) is 58.5 Å². The van der Waals surface area contributed by atoms with Crippen LogP contribution in [0.5, 0.6) is 0 Å². The monoisotopic (exact) mass is 340 g/mol. The molecule has 0 radical (unpaired) electrons. The highest BCUT2D eigenvalue weighted by molar-refractivity contribution is 6.33. The van der Waals surface area contributed by atoms with Crippen molar-refractivity contribution in [3.8, 4) is 0 Å². The van der Waals surface area contributed by atoms with E-state index >= 15 is 0 Å². The second-order valence-corrected chi connectivity index (χ2v) is 6.91. The van der Waals surface area contributed by atoms with Gasteiger partial charge in [0, 0.05) is 13.1 Å². The molecule has 0 aliphatic heterocycles. The lowest BCUT2D eigenvalue weighted by atomic mass is 9.95. The Morgan fingerprint density at radius 3 is 2.61 bits per heavy atom. The maximum absolute atomic E-state index is 12.7. The summed E-state index contributed by atoms with van der Waals surface area (Å²) in [4.78, 5) is 25.3. The molecule has 0 aromatic carbocycles. The number of hydrogen-bond acceptors (Lipinski definition) is 3. The number of hydrogen-bond donors (Lipinski definition) is 2. The second kappa shape index (κ2) is 7.34. The third-order valence-corrected chi connectivity index (χ3v) is 4.50. The van der Waals surface area contributed by atoms with E-state index in [9.17, 15) is 9.59 Å². The van der Waals surface area contributed by atoms with Gasteiger partial charge in [-0.2, -0.15) is 5.10 Å².